The minimum atomic E-state index is 1.15. The van der Waals surface area contributed by atoms with Gasteiger partial charge >= 0.3 is 0 Å². The molecule has 0 aromatic heterocycles. The van der Waals surface area contributed by atoms with Crippen molar-refractivity contribution < 1.29 is 0 Å². The number of hydrogen-bond donors (Lipinski definition) is 1. The summed E-state index contributed by atoms with van der Waals surface area (Å²) >= 11 is 5.88. The van der Waals surface area contributed by atoms with Gasteiger partial charge in [-0.05, 0) is 6.42 Å². The molecule has 0 saturated carbocycles. The van der Waals surface area contributed by atoms with Gasteiger partial charge in [0.25, 0.3) is 0 Å². The Morgan fingerprint density at radius 1 is 1.67 bits per heavy atom. The molecule has 3 heteroatoms. The SMILES string of the molecule is SN1CCCS1. The second-order valence-electron chi connectivity index (χ2n) is 1.26. The maximum absolute atomic E-state index is 4.09. The van der Waals surface area contributed by atoms with Gasteiger partial charge in [0.2, 0.25) is 0 Å². The van der Waals surface area contributed by atoms with E-state index in [1.54, 1.807) is 11.9 Å². The van der Waals surface area contributed by atoms with E-state index in [2.05, 4.69) is 12.8 Å². The summed E-state index contributed by atoms with van der Waals surface area (Å²) in [7, 11) is 0. The molecular formula is C3H7NS2. The van der Waals surface area contributed by atoms with Crippen molar-refractivity contribution in [2.45, 2.75) is 6.42 Å². The molecule has 0 aliphatic carbocycles. The van der Waals surface area contributed by atoms with Gasteiger partial charge in [-0.15, -0.1) is 0 Å². The maximum Gasteiger partial charge on any atom is 0.0208 e. The van der Waals surface area contributed by atoms with Crippen molar-refractivity contribution in [3.8, 4) is 0 Å². The van der Waals surface area contributed by atoms with Crippen LogP contribution >= 0.6 is 24.8 Å². The van der Waals surface area contributed by atoms with Gasteiger partial charge in [0.15, 0.2) is 0 Å². The molecule has 1 fully saturated rings. The van der Waals surface area contributed by atoms with E-state index in [1.165, 1.54) is 12.2 Å². The van der Waals surface area contributed by atoms with E-state index < -0.39 is 0 Å². The van der Waals surface area contributed by atoms with Gasteiger partial charge in [0, 0.05) is 12.3 Å². The van der Waals surface area contributed by atoms with Crippen LogP contribution in [0.25, 0.3) is 0 Å². The van der Waals surface area contributed by atoms with Crippen LogP contribution in [0.15, 0.2) is 0 Å². The summed E-state index contributed by atoms with van der Waals surface area (Å²) in [6, 6.07) is 0. The van der Waals surface area contributed by atoms with Crippen molar-refractivity contribution in [2.24, 2.45) is 0 Å². The minimum absolute atomic E-state index is 1.15. The Hall–Kier alpha value is 0.660. The van der Waals surface area contributed by atoms with Crippen LogP contribution in [0.1, 0.15) is 6.42 Å². The topological polar surface area (TPSA) is 3.24 Å². The number of hydrogen-bond acceptors (Lipinski definition) is 3. The quantitative estimate of drug-likeness (QED) is 0.379. The zero-order chi connectivity index (χ0) is 4.41. The van der Waals surface area contributed by atoms with Crippen molar-refractivity contribution in [3.05, 3.63) is 0 Å². The van der Waals surface area contributed by atoms with Crippen molar-refractivity contribution in [1.82, 2.24) is 3.71 Å². The van der Waals surface area contributed by atoms with Gasteiger partial charge in [0.05, 0.1) is 0 Å². The third-order valence-corrected chi connectivity index (χ3v) is 2.23. The van der Waals surface area contributed by atoms with Gasteiger partial charge in [-0.3, -0.25) is 0 Å². The van der Waals surface area contributed by atoms with E-state index in [4.69, 9.17) is 0 Å². The molecule has 1 aliphatic heterocycles. The number of rotatable bonds is 0. The lowest BCUT2D eigenvalue weighted by Crippen LogP contribution is -1.91. The smallest absolute Gasteiger partial charge is 0.0208 e. The van der Waals surface area contributed by atoms with Gasteiger partial charge in [0.1, 0.15) is 0 Å². The summed E-state index contributed by atoms with van der Waals surface area (Å²) in [5.41, 5.74) is 0. The number of thiol groups is 1. The fourth-order valence-corrected chi connectivity index (χ4v) is 1.55. The van der Waals surface area contributed by atoms with Crippen LogP contribution in [0.3, 0.4) is 0 Å². The van der Waals surface area contributed by atoms with E-state index in [9.17, 15) is 0 Å². The molecule has 1 heterocycles. The van der Waals surface area contributed by atoms with Crippen LogP contribution in [0.2, 0.25) is 0 Å². The lowest BCUT2D eigenvalue weighted by atomic mass is 10.5. The first kappa shape index (κ1) is 4.81. The summed E-state index contributed by atoms with van der Waals surface area (Å²) in [5, 5.41) is 0. The van der Waals surface area contributed by atoms with Gasteiger partial charge in [-0.2, -0.15) is 3.71 Å². The third kappa shape index (κ3) is 1.06. The maximum atomic E-state index is 4.09. The monoisotopic (exact) mass is 121 g/mol. The summed E-state index contributed by atoms with van der Waals surface area (Å²) in [4.78, 5) is 0. The Balaban J connectivity index is 2.18. The predicted octanol–water partition coefficient (Wildman–Crippen LogP) is 1.19. The molecule has 0 radical (unpaired) electrons. The fourth-order valence-electron chi connectivity index (χ4n) is 0.434. The van der Waals surface area contributed by atoms with Crippen LogP contribution in [0.5, 0.6) is 0 Å². The van der Waals surface area contributed by atoms with Crippen LogP contribution in [-0.2, 0) is 0 Å². The molecule has 0 aromatic carbocycles. The Morgan fingerprint density at radius 2 is 2.50 bits per heavy atom. The molecule has 6 heavy (non-hydrogen) atoms. The first-order valence-corrected chi connectivity index (χ1v) is 3.33. The van der Waals surface area contributed by atoms with Crippen molar-refractivity contribution in [3.63, 3.8) is 0 Å². The zero-order valence-electron chi connectivity index (χ0n) is 3.42. The summed E-state index contributed by atoms with van der Waals surface area (Å²) in [6.45, 7) is 1.15. The molecular weight excluding hydrogens is 114 g/mol. The highest BCUT2D eigenvalue weighted by Crippen LogP contribution is 2.20. The van der Waals surface area contributed by atoms with Crippen LogP contribution in [0.4, 0.5) is 0 Å². The third-order valence-electron chi connectivity index (χ3n) is 0.734. The van der Waals surface area contributed by atoms with E-state index in [-0.39, 0.29) is 0 Å². The molecule has 0 spiro atoms. The first-order valence-electron chi connectivity index (χ1n) is 1.99. The van der Waals surface area contributed by atoms with Crippen LogP contribution in [0, 0.1) is 0 Å². The lowest BCUT2D eigenvalue weighted by molar-refractivity contribution is 0.769. The van der Waals surface area contributed by atoms with E-state index in [0.717, 1.165) is 6.54 Å². The standard InChI is InChI=1S/C3H7NS2/c5-4-2-1-3-6-4/h5H,1-3H2. The van der Waals surface area contributed by atoms with Gasteiger partial charge < -0.3 is 0 Å². The zero-order valence-corrected chi connectivity index (χ0v) is 5.13. The Morgan fingerprint density at radius 3 is 2.67 bits per heavy atom. The molecule has 1 rings (SSSR count). The molecule has 0 bridgehead atoms. The molecule has 0 N–H and O–H groups in total. The first-order chi connectivity index (χ1) is 2.89. The lowest BCUT2D eigenvalue weighted by Gasteiger charge is -1.97. The fraction of sp³-hybridized carbons (Fsp3) is 1.00. The van der Waals surface area contributed by atoms with Crippen molar-refractivity contribution >= 4 is 24.8 Å². The molecule has 0 amide bonds. The molecule has 1 nitrogen and oxygen atoms in total. The average molecular weight is 121 g/mol. The second kappa shape index (κ2) is 2.09. The molecule has 0 atom stereocenters. The van der Waals surface area contributed by atoms with Crippen molar-refractivity contribution in [1.29, 1.82) is 0 Å². The van der Waals surface area contributed by atoms with Crippen molar-refractivity contribution in [2.75, 3.05) is 12.3 Å². The highest BCUT2D eigenvalue weighted by atomic mass is 32.2. The Kier molecular flexibility index (Phi) is 1.68. The predicted molar refractivity (Wildman–Crippen MR) is 32.8 cm³/mol. The minimum Gasteiger partial charge on any atom is -0.197 e. The second-order valence-corrected chi connectivity index (χ2v) is 3.12. The number of nitrogens with zero attached hydrogens (tertiary/aromatic N) is 1. The highest BCUT2D eigenvalue weighted by molar-refractivity contribution is 8.05. The molecule has 36 valence electrons. The van der Waals surface area contributed by atoms with Crippen LogP contribution in [-0.4, -0.2) is 16.0 Å². The molecule has 1 aliphatic rings. The summed E-state index contributed by atoms with van der Waals surface area (Å²) in [6.07, 6.45) is 1.30. The average Bonchev–Trinajstić information content (AvgIpc) is 1.86. The van der Waals surface area contributed by atoms with E-state index >= 15 is 0 Å². The highest BCUT2D eigenvalue weighted by Gasteiger charge is 2.05. The summed E-state index contributed by atoms with van der Waals surface area (Å²) < 4.78 is 1.97. The molecule has 1 saturated heterocycles. The van der Waals surface area contributed by atoms with E-state index in [0.29, 0.717) is 0 Å². The van der Waals surface area contributed by atoms with Gasteiger partial charge in [-0.1, -0.05) is 24.8 Å². The Bertz CT molecular complexity index is 42.1. The van der Waals surface area contributed by atoms with E-state index in [1.807, 2.05) is 3.71 Å². The largest absolute Gasteiger partial charge is 0.197 e. The Labute approximate surface area is 47.8 Å². The normalized spacial score (nSPS) is 25.5. The molecule has 0 aromatic rings. The van der Waals surface area contributed by atoms with Gasteiger partial charge in [-0.25, -0.2) is 0 Å². The molecule has 0 unspecified atom stereocenters. The summed E-state index contributed by atoms with van der Waals surface area (Å²) in [5.74, 6) is 1.25. The van der Waals surface area contributed by atoms with Crippen LogP contribution < -0.4 is 0 Å².